The highest BCUT2D eigenvalue weighted by Crippen LogP contribution is 2.23. The minimum absolute atomic E-state index is 0.0855. The Morgan fingerprint density at radius 1 is 1.39 bits per heavy atom. The molecule has 1 atom stereocenters. The van der Waals surface area contributed by atoms with Crippen LogP contribution in [0.15, 0.2) is 24.3 Å². The first-order valence-electron chi connectivity index (χ1n) is 7.69. The van der Waals surface area contributed by atoms with Gasteiger partial charge in [-0.2, -0.15) is 5.26 Å². The van der Waals surface area contributed by atoms with Gasteiger partial charge in [0.15, 0.2) is 0 Å². The van der Waals surface area contributed by atoms with E-state index in [1.54, 1.807) is 40.9 Å². The van der Waals surface area contributed by atoms with Crippen LogP contribution < -0.4 is 5.32 Å². The molecule has 1 unspecified atom stereocenters. The lowest BCUT2D eigenvalue weighted by Gasteiger charge is -2.23. The third-order valence-corrected chi connectivity index (χ3v) is 4.74. The molecule has 1 aliphatic heterocycles. The molecule has 1 aromatic carbocycles. The minimum Gasteiger partial charge on any atom is -0.354 e. The van der Waals surface area contributed by atoms with Gasteiger partial charge in [0, 0.05) is 17.9 Å². The van der Waals surface area contributed by atoms with Gasteiger partial charge in [-0.3, -0.25) is 9.59 Å². The Kier molecular flexibility index (Phi) is 6.05. The first kappa shape index (κ1) is 17.4. The molecule has 5 nitrogen and oxygen atoms in total. The monoisotopic (exact) mass is 331 g/mol. The fourth-order valence-electron chi connectivity index (χ4n) is 2.32. The highest BCUT2D eigenvalue weighted by molar-refractivity contribution is 7.99. The first-order valence-corrected chi connectivity index (χ1v) is 8.85. The fraction of sp³-hybridized carbons (Fsp3) is 0.471. The van der Waals surface area contributed by atoms with E-state index in [1.807, 2.05) is 6.07 Å². The van der Waals surface area contributed by atoms with Gasteiger partial charge in [-0.05, 0) is 36.6 Å². The van der Waals surface area contributed by atoms with Crippen molar-refractivity contribution >= 4 is 23.6 Å². The van der Waals surface area contributed by atoms with E-state index in [-0.39, 0.29) is 11.8 Å². The van der Waals surface area contributed by atoms with Gasteiger partial charge in [0.1, 0.15) is 6.04 Å². The second-order valence-electron chi connectivity index (χ2n) is 5.95. The standard InChI is InChI=1S/C17H21N3O2S/c1-12(2)7-8-19-16(21)15-10-23-11-20(15)17(22)14-5-3-13(9-18)4-6-14/h3-6,12,15H,7-8,10-11H2,1-2H3,(H,19,21). The van der Waals surface area contributed by atoms with Crippen molar-refractivity contribution < 1.29 is 9.59 Å². The smallest absolute Gasteiger partial charge is 0.255 e. The summed E-state index contributed by atoms with van der Waals surface area (Å²) in [5, 5.41) is 11.7. The quantitative estimate of drug-likeness (QED) is 0.898. The van der Waals surface area contributed by atoms with Gasteiger partial charge < -0.3 is 10.2 Å². The van der Waals surface area contributed by atoms with E-state index < -0.39 is 6.04 Å². The van der Waals surface area contributed by atoms with Gasteiger partial charge in [0.25, 0.3) is 5.91 Å². The van der Waals surface area contributed by atoms with Crippen LogP contribution in [0.4, 0.5) is 0 Å². The van der Waals surface area contributed by atoms with Crippen molar-refractivity contribution in [3.8, 4) is 6.07 Å². The van der Waals surface area contributed by atoms with Crippen molar-refractivity contribution in [1.29, 1.82) is 5.26 Å². The summed E-state index contributed by atoms with van der Waals surface area (Å²) in [7, 11) is 0. The van der Waals surface area contributed by atoms with Crippen molar-refractivity contribution in [3.05, 3.63) is 35.4 Å². The SMILES string of the molecule is CC(C)CCNC(=O)C1CSCN1C(=O)c1ccc(C#N)cc1. The van der Waals surface area contributed by atoms with Crippen molar-refractivity contribution in [2.24, 2.45) is 5.92 Å². The number of nitriles is 1. The molecule has 0 radical (unpaired) electrons. The molecule has 1 saturated heterocycles. The van der Waals surface area contributed by atoms with Crippen molar-refractivity contribution in [1.82, 2.24) is 10.2 Å². The average molecular weight is 331 g/mol. The molecular formula is C17H21N3O2S. The van der Waals surface area contributed by atoms with Crippen LogP contribution in [0.3, 0.4) is 0 Å². The third kappa shape index (κ3) is 4.49. The molecule has 6 heteroatoms. The van der Waals surface area contributed by atoms with E-state index >= 15 is 0 Å². The summed E-state index contributed by atoms with van der Waals surface area (Å²) in [6.07, 6.45) is 0.926. The van der Waals surface area contributed by atoms with E-state index in [2.05, 4.69) is 19.2 Å². The van der Waals surface area contributed by atoms with Gasteiger partial charge in [0.05, 0.1) is 17.5 Å². The number of nitrogens with zero attached hydrogens (tertiary/aromatic N) is 2. The molecular weight excluding hydrogens is 310 g/mol. The zero-order valence-corrected chi connectivity index (χ0v) is 14.2. The highest BCUT2D eigenvalue weighted by atomic mass is 32.2. The Bertz CT molecular complexity index is 607. The second kappa shape index (κ2) is 8.02. The van der Waals surface area contributed by atoms with Crippen LogP contribution in [0.2, 0.25) is 0 Å². The molecule has 1 N–H and O–H groups in total. The zero-order chi connectivity index (χ0) is 16.8. The Labute approximate surface area is 141 Å². The maximum atomic E-state index is 12.6. The van der Waals surface area contributed by atoms with Crippen molar-refractivity contribution in [2.75, 3.05) is 18.2 Å². The molecule has 2 rings (SSSR count). The molecule has 0 aromatic heterocycles. The summed E-state index contributed by atoms with van der Waals surface area (Å²) in [5.41, 5.74) is 1.02. The van der Waals surface area contributed by atoms with E-state index in [0.717, 1.165) is 6.42 Å². The van der Waals surface area contributed by atoms with Crippen LogP contribution in [0, 0.1) is 17.2 Å². The molecule has 0 aliphatic carbocycles. The summed E-state index contributed by atoms with van der Waals surface area (Å²) >= 11 is 1.58. The molecule has 1 fully saturated rings. The number of rotatable bonds is 5. The van der Waals surface area contributed by atoms with Crippen LogP contribution in [0.25, 0.3) is 0 Å². The van der Waals surface area contributed by atoms with Crippen LogP contribution in [-0.4, -0.2) is 40.9 Å². The molecule has 1 heterocycles. The lowest BCUT2D eigenvalue weighted by Crippen LogP contribution is -2.47. The Balaban J connectivity index is 2.01. The Hall–Kier alpha value is -2.00. The zero-order valence-electron chi connectivity index (χ0n) is 13.4. The van der Waals surface area contributed by atoms with Crippen molar-refractivity contribution in [3.63, 3.8) is 0 Å². The molecule has 1 aromatic rings. The number of benzene rings is 1. The number of thioether (sulfide) groups is 1. The van der Waals surface area contributed by atoms with E-state index in [9.17, 15) is 9.59 Å². The maximum Gasteiger partial charge on any atom is 0.255 e. The van der Waals surface area contributed by atoms with E-state index in [4.69, 9.17) is 5.26 Å². The summed E-state index contributed by atoms with van der Waals surface area (Å²) in [4.78, 5) is 26.5. The molecule has 122 valence electrons. The summed E-state index contributed by atoms with van der Waals surface area (Å²) in [5.74, 6) is 1.42. The number of nitrogens with one attached hydrogen (secondary N) is 1. The minimum atomic E-state index is -0.421. The fourth-order valence-corrected chi connectivity index (χ4v) is 3.47. The topological polar surface area (TPSA) is 73.2 Å². The lowest BCUT2D eigenvalue weighted by molar-refractivity contribution is -0.124. The molecule has 23 heavy (non-hydrogen) atoms. The molecule has 0 bridgehead atoms. The predicted octanol–water partition coefficient (Wildman–Crippen LogP) is 2.24. The van der Waals surface area contributed by atoms with Gasteiger partial charge in [-0.15, -0.1) is 11.8 Å². The predicted molar refractivity (Wildman–Crippen MR) is 90.9 cm³/mol. The first-order chi connectivity index (χ1) is 11.0. The van der Waals surface area contributed by atoms with Crippen molar-refractivity contribution in [2.45, 2.75) is 26.3 Å². The molecule has 2 amide bonds. The van der Waals surface area contributed by atoms with Crippen LogP contribution in [-0.2, 0) is 4.79 Å². The summed E-state index contributed by atoms with van der Waals surface area (Å²) < 4.78 is 0. The van der Waals surface area contributed by atoms with E-state index in [1.165, 1.54) is 0 Å². The summed E-state index contributed by atoms with van der Waals surface area (Å²) in [6, 6.07) is 8.12. The van der Waals surface area contributed by atoms with Gasteiger partial charge in [0.2, 0.25) is 5.91 Å². The molecule has 0 spiro atoms. The molecule has 0 saturated carbocycles. The van der Waals surface area contributed by atoms with Gasteiger partial charge in [-0.25, -0.2) is 0 Å². The van der Waals surface area contributed by atoms with Crippen LogP contribution in [0.5, 0.6) is 0 Å². The van der Waals surface area contributed by atoms with Crippen LogP contribution >= 0.6 is 11.8 Å². The van der Waals surface area contributed by atoms with Gasteiger partial charge >= 0.3 is 0 Å². The normalized spacial score (nSPS) is 17.1. The van der Waals surface area contributed by atoms with Crippen LogP contribution in [0.1, 0.15) is 36.2 Å². The highest BCUT2D eigenvalue weighted by Gasteiger charge is 2.34. The second-order valence-corrected chi connectivity index (χ2v) is 6.95. The number of amides is 2. The van der Waals surface area contributed by atoms with Gasteiger partial charge in [-0.1, -0.05) is 13.8 Å². The number of carbonyl (C=O) groups is 2. The number of hydrogen-bond acceptors (Lipinski definition) is 4. The maximum absolute atomic E-state index is 12.6. The number of carbonyl (C=O) groups excluding carboxylic acids is 2. The largest absolute Gasteiger partial charge is 0.354 e. The third-order valence-electron chi connectivity index (χ3n) is 3.73. The Morgan fingerprint density at radius 2 is 2.09 bits per heavy atom. The average Bonchev–Trinajstić information content (AvgIpc) is 3.03. The number of hydrogen-bond donors (Lipinski definition) is 1. The Morgan fingerprint density at radius 3 is 2.70 bits per heavy atom. The lowest BCUT2D eigenvalue weighted by atomic mass is 10.1. The summed E-state index contributed by atoms with van der Waals surface area (Å²) in [6.45, 7) is 4.85. The molecule has 1 aliphatic rings. The van der Waals surface area contributed by atoms with E-state index in [0.29, 0.717) is 35.2 Å².